The van der Waals surface area contributed by atoms with Crippen molar-refractivity contribution in [1.82, 2.24) is 4.98 Å². The number of methoxy groups -OCH3 is 1. The van der Waals surface area contributed by atoms with Gasteiger partial charge in [0.2, 0.25) is 11.8 Å². The van der Waals surface area contributed by atoms with E-state index in [0.29, 0.717) is 11.7 Å². The lowest BCUT2D eigenvalue weighted by Gasteiger charge is -2.22. The zero-order valence-electron chi connectivity index (χ0n) is 14.5. The van der Waals surface area contributed by atoms with E-state index < -0.39 is 17.4 Å². The maximum absolute atomic E-state index is 13.2. The molecule has 1 aromatic carbocycles. The summed E-state index contributed by atoms with van der Waals surface area (Å²) in [6.45, 7) is 0.400. The van der Waals surface area contributed by atoms with Gasteiger partial charge in [0.25, 0.3) is 0 Å². The van der Waals surface area contributed by atoms with E-state index in [9.17, 15) is 9.59 Å². The van der Waals surface area contributed by atoms with Crippen LogP contribution in [0.1, 0.15) is 0 Å². The van der Waals surface area contributed by atoms with E-state index in [2.05, 4.69) is 10.3 Å². The number of rotatable bonds is 4. The molecule has 8 heteroatoms. The molecule has 138 valence electrons. The van der Waals surface area contributed by atoms with Crippen LogP contribution in [0, 0.1) is 11.8 Å². The van der Waals surface area contributed by atoms with Crippen molar-refractivity contribution in [3.05, 3.63) is 48.0 Å². The SMILES string of the molecule is COc1ccc(N2C[C@@]34C=C[C@@H](O3)[C@H](C(=O)Nc3nccs3)[C@@H]4C2=O)cc1. The first-order valence-electron chi connectivity index (χ1n) is 8.64. The Morgan fingerprint density at radius 3 is 2.93 bits per heavy atom. The maximum atomic E-state index is 13.2. The molecule has 4 heterocycles. The standard InChI is InChI=1S/C19H17N3O4S/c1-25-12-4-2-11(3-5-12)22-10-19-7-6-13(26-19)14(15(19)17(22)24)16(23)21-18-20-8-9-27-18/h2-9,13-15H,10H2,1H3,(H,20,21,23)/t13-,14+,15-,19-/m1/s1. The van der Waals surface area contributed by atoms with Crippen molar-refractivity contribution in [1.29, 1.82) is 0 Å². The number of carbonyl (C=O) groups excluding carboxylic acids is 2. The topological polar surface area (TPSA) is 80.8 Å². The molecule has 27 heavy (non-hydrogen) atoms. The summed E-state index contributed by atoms with van der Waals surface area (Å²) in [7, 11) is 1.60. The van der Waals surface area contributed by atoms with Gasteiger partial charge in [-0.15, -0.1) is 11.3 Å². The quantitative estimate of drug-likeness (QED) is 0.818. The fourth-order valence-corrected chi connectivity index (χ4v) is 4.78. The van der Waals surface area contributed by atoms with Crippen LogP contribution in [-0.4, -0.2) is 42.2 Å². The van der Waals surface area contributed by atoms with Gasteiger partial charge >= 0.3 is 0 Å². The number of hydrogen-bond acceptors (Lipinski definition) is 6. The van der Waals surface area contributed by atoms with Gasteiger partial charge in [-0.3, -0.25) is 9.59 Å². The molecule has 2 aromatic rings. The molecule has 0 aliphatic carbocycles. The highest BCUT2D eigenvalue weighted by Gasteiger charge is 2.67. The molecule has 7 nitrogen and oxygen atoms in total. The largest absolute Gasteiger partial charge is 0.497 e. The summed E-state index contributed by atoms with van der Waals surface area (Å²) in [5, 5.41) is 5.13. The average molecular weight is 383 g/mol. The summed E-state index contributed by atoms with van der Waals surface area (Å²) in [4.78, 5) is 31.9. The minimum absolute atomic E-state index is 0.0914. The van der Waals surface area contributed by atoms with Gasteiger partial charge in [-0.05, 0) is 24.3 Å². The fraction of sp³-hybridized carbons (Fsp3) is 0.316. The molecule has 2 amide bonds. The Morgan fingerprint density at radius 2 is 2.22 bits per heavy atom. The Kier molecular flexibility index (Phi) is 3.60. The predicted molar refractivity (Wildman–Crippen MR) is 99.8 cm³/mol. The normalized spacial score (nSPS) is 30.6. The summed E-state index contributed by atoms with van der Waals surface area (Å²) in [5.74, 6) is -0.687. The average Bonchev–Trinajstić information content (AvgIpc) is 3.44. The molecule has 1 N–H and O–H groups in total. The number of nitrogens with zero attached hydrogens (tertiary/aromatic N) is 2. The van der Waals surface area contributed by atoms with Crippen LogP contribution >= 0.6 is 11.3 Å². The van der Waals surface area contributed by atoms with Crippen LogP contribution in [0.5, 0.6) is 5.75 Å². The highest BCUT2D eigenvalue weighted by Crippen LogP contribution is 2.52. The molecule has 3 aliphatic heterocycles. The molecular formula is C19H17N3O4S. The third-order valence-corrected chi connectivity index (χ3v) is 6.14. The van der Waals surface area contributed by atoms with E-state index in [0.717, 1.165) is 11.4 Å². The highest BCUT2D eigenvalue weighted by atomic mass is 32.1. The van der Waals surface area contributed by atoms with Crippen molar-refractivity contribution in [2.24, 2.45) is 11.8 Å². The van der Waals surface area contributed by atoms with Crippen molar-refractivity contribution in [3.63, 3.8) is 0 Å². The lowest BCUT2D eigenvalue weighted by molar-refractivity contribution is -0.128. The first kappa shape index (κ1) is 16.5. The van der Waals surface area contributed by atoms with E-state index >= 15 is 0 Å². The van der Waals surface area contributed by atoms with Crippen molar-refractivity contribution in [2.45, 2.75) is 11.7 Å². The molecule has 5 rings (SSSR count). The van der Waals surface area contributed by atoms with Crippen LogP contribution in [-0.2, 0) is 14.3 Å². The molecular weight excluding hydrogens is 366 g/mol. The van der Waals surface area contributed by atoms with E-state index in [1.165, 1.54) is 11.3 Å². The molecule has 0 radical (unpaired) electrons. The Morgan fingerprint density at radius 1 is 1.41 bits per heavy atom. The zero-order valence-corrected chi connectivity index (χ0v) is 15.3. The van der Waals surface area contributed by atoms with Crippen molar-refractivity contribution >= 4 is 34.0 Å². The van der Waals surface area contributed by atoms with Gasteiger partial charge in [0.15, 0.2) is 5.13 Å². The molecule has 1 aromatic heterocycles. The van der Waals surface area contributed by atoms with Gasteiger partial charge in [-0.2, -0.15) is 0 Å². The van der Waals surface area contributed by atoms with Gasteiger partial charge in [-0.25, -0.2) is 4.98 Å². The number of amides is 2. The number of thiazole rings is 1. The van der Waals surface area contributed by atoms with Gasteiger partial charge in [0, 0.05) is 17.3 Å². The molecule has 3 aliphatic rings. The zero-order chi connectivity index (χ0) is 18.6. The molecule has 2 saturated heterocycles. The van der Waals surface area contributed by atoms with Crippen molar-refractivity contribution < 1.29 is 19.1 Å². The van der Waals surface area contributed by atoms with Gasteiger partial charge < -0.3 is 19.7 Å². The molecule has 0 saturated carbocycles. The minimum Gasteiger partial charge on any atom is -0.497 e. The number of aromatic nitrogens is 1. The number of hydrogen-bond donors (Lipinski definition) is 1. The Bertz CT molecular complexity index is 927. The van der Waals surface area contributed by atoms with Crippen LogP contribution in [0.3, 0.4) is 0 Å². The van der Waals surface area contributed by atoms with Crippen molar-refractivity contribution in [3.8, 4) is 5.75 Å². The molecule has 2 fully saturated rings. The first-order valence-corrected chi connectivity index (χ1v) is 9.52. The number of benzene rings is 1. The predicted octanol–water partition coefficient (Wildman–Crippen LogP) is 2.08. The summed E-state index contributed by atoms with van der Waals surface area (Å²) >= 11 is 1.35. The summed E-state index contributed by atoms with van der Waals surface area (Å²) in [5.41, 5.74) is 0.0242. The second-order valence-corrected chi connectivity index (χ2v) is 7.74. The van der Waals surface area contributed by atoms with Crippen LogP contribution in [0.15, 0.2) is 48.0 Å². The highest BCUT2D eigenvalue weighted by molar-refractivity contribution is 7.13. The summed E-state index contributed by atoms with van der Waals surface area (Å²) < 4.78 is 11.3. The first-order chi connectivity index (χ1) is 13.1. The Labute approximate surface area is 159 Å². The van der Waals surface area contributed by atoms with E-state index in [1.807, 2.05) is 36.4 Å². The van der Waals surface area contributed by atoms with Gasteiger partial charge in [0.1, 0.15) is 11.4 Å². The Hall–Kier alpha value is -2.71. The number of fused-ring (bicyclic) bond motifs is 1. The number of nitrogens with one attached hydrogen (secondary N) is 1. The maximum Gasteiger partial charge on any atom is 0.234 e. The molecule has 4 atom stereocenters. The second-order valence-electron chi connectivity index (χ2n) is 6.85. The summed E-state index contributed by atoms with van der Waals surface area (Å²) in [6, 6.07) is 7.31. The van der Waals surface area contributed by atoms with Gasteiger partial charge in [-0.1, -0.05) is 12.2 Å². The monoisotopic (exact) mass is 383 g/mol. The summed E-state index contributed by atoms with van der Waals surface area (Å²) in [6.07, 6.45) is 5.09. The van der Waals surface area contributed by atoms with Crippen LogP contribution in [0.2, 0.25) is 0 Å². The number of carbonyl (C=O) groups is 2. The van der Waals surface area contributed by atoms with E-state index in [4.69, 9.17) is 9.47 Å². The van der Waals surface area contributed by atoms with Crippen LogP contribution in [0.25, 0.3) is 0 Å². The number of anilines is 2. The minimum atomic E-state index is -0.743. The molecule has 2 bridgehead atoms. The van der Waals surface area contributed by atoms with E-state index in [1.54, 1.807) is 23.6 Å². The lowest BCUT2D eigenvalue weighted by atomic mass is 9.77. The van der Waals surface area contributed by atoms with Crippen LogP contribution in [0.4, 0.5) is 10.8 Å². The van der Waals surface area contributed by atoms with Crippen LogP contribution < -0.4 is 15.0 Å². The number of ether oxygens (including phenoxy) is 2. The second kappa shape index (κ2) is 5.90. The lowest BCUT2D eigenvalue weighted by Crippen LogP contribution is -2.41. The molecule has 1 spiro atoms. The van der Waals surface area contributed by atoms with Gasteiger partial charge in [0.05, 0.1) is 31.6 Å². The molecule has 0 unspecified atom stereocenters. The van der Waals surface area contributed by atoms with E-state index in [-0.39, 0.29) is 17.9 Å². The smallest absolute Gasteiger partial charge is 0.234 e. The van der Waals surface area contributed by atoms with Crippen molar-refractivity contribution in [2.75, 3.05) is 23.9 Å². The Balaban J connectivity index is 1.44. The third kappa shape index (κ3) is 2.40. The fourth-order valence-electron chi connectivity index (χ4n) is 4.25. The third-order valence-electron chi connectivity index (χ3n) is 5.45.